The Labute approximate surface area is 125 Å². The van der Waals surface area contributed by atoms with E-state index in [1.807, 2.05) is 0 Å². The first-order chi connectivity index (χ1) is 8.84. The molecule has 0 aromatic carbocycles. The second kappa shape index (κ2) is 5.62. The number of rotatable bonds is 2. The van der Waals surface area contributed by atoms with Crippen LogP contribution in [0.1, 0.15) is 45.2 Å². The molecule has 0 radical (unpaired) electrons. The Morgan fingerprint density at radius 3 is 2.58 bits per heavy atom. The number of hydrogen-bond donors (Lipinski definition) is 1. The summed E-state index contributed by atoms with van der Waals surface area (Å²) in [4.78, 5) is 8.61. The van der Waals surface area contributed by atoms with Crippen LogP contribution in [0.4, 0.5) is 5.13 Å². The molecule has 3 nitrogen and oxygen atoms in total. The topological polar surface area (TPSA) is 42.2 Å². The number of thiazole rings is 1. The fourth-order valence-electron chi connectivity index (χ4n) is 2.39. The van der Waals surface area contributed by atoms with Gasteiger partial charge in [0.25, 0.3) is 0 Å². The van der Waals surface area contributed by atoms with Gasteiger partial charge in [-0.3, -0.25) is 0 Å². The lowest BCUT2D eigenvalue weighted by molar-refractivity contribution is 0.562. The zero-order valence-corrected chi connectivity index (χ0v) is 14.2. The van der Waals surface area contributed by atoms with Gasteiger partial charge in [-0.05, 0) is 6.92 Å². The van der Waals surface area contributed by atoms with Crippen molar-refractivity contribution in [1.29, 1.82) is 0 Å². The van der Waals surface area contributed by atoms with E-state index in [0.717, 1.165) is 11.7 Å². The van der Waals surface area contributed by atoms with Gasteiger partial charge >= 0.3 is 0 Å². The largest absolute Gasteiger partial charge is 0.343 e. The lowest BCUT2D eigenvalue weighted by Crippen LogP contribution is -2.44. The van der Waals surface area contributed by atoms with Crippen molar-refractivity contribution in [3.8, 4) is 0 Å². The van der Waals surface area contributed by atoms with Crippen molar-refractivity contribution >= 4 is 28.2 Å². The fraction of sp³-hybridized carbons (Fsp3) is 0.786. The van der Waals surface area contributed by atoms with E-state index < -0.39 is 0 Å². The van der Waals surface area contributed by atoms with E-state index in [-0.39, 0.29) is 5.41 Å². The summed E-state index contributed by atoms with van der Waals surface area (Å²) in [6.45, 7) is 12.9. The summed E-state index contributed by atoms with van der Waals surface area (Å²) in [6.07, 6.45) is 0. The fourth-order valence-corrected chi connectivity index (χ4v) is 4.75. The molecule has 1 aromatic heterocycles. The van der Waals surface area contributed by atoms with E-state index in [4.69, 9.17) is 10.7 Å². The first kappa shape index (κ1) is 15.1. The normalized spacial score (nSPS) is 24.8. The highest BCUT2D eigenvalue weighted by Crippen LogP contribution is 2.36. The SMILES string of the molecule is CC1SCCN(c2nc(C(C)(C)C)c(CN)s2)C1C. The highest BCUT2D eigenvalue weighted by molar-refractivity contribution is 8.00. The third-order valence-electron chi connectivity index (χ3n) is 3.71. The Bertz CT molecular complexity index is 436. The van der Waals surface area contributed by atoms with E-state index in [1.165, 1.54) is 16.3 Å². The van der Waals surface area contributed by atoms with Crippen LogP contribution in [0, 0.1) is 0 Å². The average Bonchev–Trinajstić information content (AvgIpc) is 2.76. The van der Waals surface area contributed by atoms with Gasteiger partial charge in [-0.2, -0.15) is 11.8 Å². The molecule has 0 amide bonds. The summed E-state index contributed by atoms with van der Waals surface area (Å²) < 4.78 is 0. The van der Waals surface area contributed by atoms with Gasteiger partial charge in [0.05, 0.1) is 5.69 Å². The third kappa shape index (κ3) is 3.09. The van der Waals surface area contributed by atoms with Crippen LogP contribution in [-0.2, 0) is 12.0 Å². The van der Waals surface area contributed by atoms with Crippen LogP contribution in [0.5, 0.6) is 0 Å². The molecular formula is C14H25N3S2. The predicted octanol–water partition coefficient (Wildman–Crippen LogP) is 3.23. The van der Waals surface area contributed by atoms with Crippen LogP contribution in [0.15, 0.2) is 0 Å². The molecule has 108 valence electrons. The monoisotopic (exact) mass is 299 g/mol. The Morgan fingerprint density at radius 1 is 1.37 bits per heavy atom. The molecule has 2 rings (SSSR count). The van der Waals surface area contributed by atoms with Crippen LogP contribution in [-0.4, -0.2) is 28.6 Å². The predicted molar refractivity (Wildman–Crippen MR) is 87.4 cm³/mol. The van der Waals surface area contributed by atoms with E-state index >= 15 is 0 Å². The minimum atomic E-state index is 0.0723. The van der Waals surface area contributed by atoms with Gasteiger partial charge < -0.3 is 10.6 Å². The molecule has 2 unspecified atom stereocenters. The molecule has 5 heteroatoms. The van der Waals surface area contributed by atoms with Crippen molar-refractivity contribution in [1.82, 2.24) is 4.98 Å². The molecule has 1 aliphatic rings. The number of nitrogens with two attached hydrogens (primary N) is 1. The summed E-state index contributed by atoms with van der Waals surface area (Å²) >= 11 is 3.84. The molecule has 19 heavy (non-hydrogen) atoms. The van der Waals surface area contributed by atoms with Crippen molar-refractivity contribution < 1.29 is 0 Å². The first-order valence-electron chi connectivity index (χ1n) is 6.93. The van der Waals surface area contributed by atoms with Gasteiger partial charge in [0.1, 0.15) is 0 Å². The van der Waals surface area contributed by atoms with Crippen molar-refractivity contribution in [2.45, 2.75) is 57.9 Å². The van der Waals surface area contributed by atoms with Crippen LogP contribution in [0.25, 0.3) is 0 Å². The maximum Gasteiger partial charge on any atom is 0.186 e. The van der Waals surface area contributed by atoms with E-state index in [0.29, 0.717) is 17.8 Å². The highest BCUT2D eigenvalue weighted by Gasteiger charge is 2.30. The van der Waals surface area contributed by atoms with Crippen LogP contribution < -0.4 is 10.6 Å². The molecule has 0 bridgehead atoms. The van der Waals surface area contributed by atoms with E-state index in [1.54, 1.807) is 11.3 Å². The molecule has 1 saturated heterocycles. The van der Waals surface area contributed by atoms with Gasteiger partial charge in [0.2, 0.25) is 0 Å². The number of thioether (sulfide) groups is 1. The molecule has 1 fully saturated rings. The lowest BCUT2D eigenvalue weighted by atomic mass is 9.91. The zero-order chi connectivity index (χ0) is 14.2. The molecule has 1 aliphatic heterocycles. The number of anilines is 1. The van der Waals surface area contributed by atoms with Crippen molar-refractivity contribution in [3.63, 3.8) is 0 Å². The third-order valence-corrected chi connectivity index (χ3v) is 6.16. The Hall–Kier alpha value is -0.260. The zero-order valence-electron chi connectivity index (χ0n) is 12.6. The average molecular weight is 300 g/mol. The van der Waals surface area contributed by atoms with Gasteiger partial charge in [-0.1, -0.05) is 27.7 Å². The second-order valence-electron chi connectivity index (χ2n) is 6.23. The van der Waals surface area contributed by atoms with Gasteiger partial charge in [0.15, 0.2) is 5.13 Å². The smallest absolute Gasteiger partial charge is 0.186 e. The molecule has 2 atom stereocenters. The minimum absolute atomic E-state index is 0.0723. The maximum atomic E-state index is 5.90. The summed E-state index contributed by atoms with van der Waals surface area (Å²) in [7, 11) is 0. The number of nitrogens with zero attached hydrogens (tertiary/aromatic N) is 2. The summed E-state index contributed by atoms with van der Waals surface area (Å²) in [5.74, 6) is 1.19. The molecule has 2 N–H and O–H groups in total. The molecule has 0 aliphatic carbocycles. The van der Waals surface area contributed by atoms with E-state index in [9.17, 15) is 0 Å². The maximum absolute atomic E-state index is 5.90. The summed E-state index contributed by atoms with van der Waals surface area (Å²) in [5.41, 5.74) is 7.15. The van der Waals surface area contributed by atoms with Crippen LogP contribution >= 0.6 is 23.1 Å². The molecular weight excluding hydrogens is 274 g/mol. The molecule has 0 spiro atoms. The molecule has 0 saturated carbocycles. The quantitative estimate of drug-likeness (QED) is 0.910. The van der Waals surface area contributed by atoms with Crippen molar-refractivity contribution in [3.05, 3.63) is 10.6 Å². The second-order valence-corrected chi connectivity index (χ2v) is 8.78. The number of hydrogen-bond acceptors (Lipinski definition) is 5. The summed E-state index contributed by atoms with van der Waals surface area (Å²) in [6, 6.07) is 0.545. The van der Waals surface area contributed by atoms with Crippen molar-refractivity contribution in [2.75, 3.05) is 17.2 Å². The number of aromatic nitrogens is 1. The first-order valence-corrected chi connectivity index (χ1v) is 8.79. The minimum Gasteiger partial charge on any atom is -0.343 e. The lowest BCUT2D eigenvalue weighted by Gasteiger charge is -2.37. The summed E-state index contributed by atoms with van der Waals surface area (Å²) in [5, 5.41) is 1.82. The molecule has 2 heterocycles. The van der Waals surface area contributed by atoms with E-state index in [2.05, 4.69) is 51.3 Å². The van der Waals surface area contributed by atoms with Gasteiger partial charge in [-0.25, -0.2) is 4.98 Å². The standard InChI is InChI=1S/C14H25N3S2/c1-9-10(2)18-7-6-17(9)13-16-12(14(3,4)5)11(8-15)19-13/h9-10H,6-8,15H2,1-5H3. The highest BCUT2D eigenvalue weighted by atomic mass is 32.2. The Kier molecular flexibility index (Phi) is 4.48. The van der Waals surface area contributed by atoms with Gasteiger partial charge in [0, 0.05) is 40.4 Å². The van der Waals surface area contributed by atoms with Crippen LogP contribution in [0.3, 0.4) is 0 Å². The molecule has 1 aromatic rings. The van der Waals surface area contributed by atoms with Gasteiger partial charge in [-0.15, -0.1) is 11.3 Å². The van der Waals surface area contributed by atoms with Crippen LogP contribution in [0.2, 0.25) is 0 Å². The Morgan fingerprint density at radius 2 is 2.05 bits per heavy atom. The van der Waals surface area contributed by atoms with Crippen molar-refractivity contribution in [2.24, 2.45) is 5.73 Å². The Balaban J connectivity index is 2.33.